The van der Waals surface area contributed by atoms with Crippen LogP contribution >= 0.6 is 11.3 Å². The van der Waals surface area contributed by atoms with Crippen molar-refractivity contribution in [1.82, 2.24) is 4.98 Å². The molecule has 0 unspecified atom stereocenters. The van der Waals surface area contributed by atoms with Crippen molar-refractivity contribution in [3.63, 3.8) is 0 Å². The summed E-state index contributed by atoms with van der Waals surface area (Å²) in [5.41, 5.74) is 1.15. The van der Waals surface area contributed by atoms with Crippen molar-refractivity contribution >= 4 is 11.3 Å². The van der Waals surface area contributed by atoms with E-state index in [0.717, 1.165) is 36.3 Å². The number of aryl methyl sites for hydroxylation is 2. The van der Waals surface area contributed by atoms with Crippen molar-refractivity contribution < 1.29 is 5.11 Å². The molecule has 0 amide bonds. The van der Waals surface area contributed by atoms with Crippen molar-refractivity contribution in [3.05, 3.63) is 15.6 Å². The third-order valence-electron chi connectivity index (χ3n) is 2.27. The van der Waals surface area contributed by atoms with E-state index in [2.05, 4.69) is 11.9 Å². The first-order valence-corrected chi connectivity index (χ1v) is 5.29. The molecule has 1 aliphatic rings. The number of aliphatic hydroxyl groups is 1. The lowest BCUT2D eigenvalue weighted by molar-refractivity contribution is 0.160. The Balaban J connectivity index is 2.37. The fourth-order valence-corrected chi connectivity index (χ4v) is 2.67. The van der Waals surface area contributed by atoms with Gasteiger partial charge in [0.15, 0.2) is 0 Å². The van der Waals surface area contributed by atoms with Gasteiger partial charge >= 0.3 is 0 Å². The monoisotopic (exact) mass is 183 g/mol. The van der Waals surface area contributed by atoms with Crippen LogP contribution in [0.5, 0.6) is 0 Å². The first kappa shape index (κ1) is 8.20. The van der Waals surface area contributed by atoms with E-state index >= 15 is 0 Å². The van der Waals surface area contributed by atoms with Crippen molar-refractivity contribution in [3.8, 4) is 0 Å². The molecule has 1 aromatic rings. The molecule has 1 atom stereocenters. The summed E-state index contributed by atoms with van der Waals surface area (Å²) in [6, 6.07) is 0. The number of aromatic nitrogens is 1. The second-order valence-electron chi connectivity index (χ2n) is 3.18. The van der Waals surface area contributed by atoms with Gasteiger partial charge in [-0.15, -0.1) is 11.3 Å². The van der Waals surface area contributed by atoms with E-state index < -0.39 is 0 Å². The van der Waals surface area contributed by atoms with E-state index in [0.29, 0.717) is 0 Å². The van der Waals surface area contributed by atoms with Gasteiger partial charge in [0, 0.05) is 0 Å². The Bertz CT molecular complexity index is 282. The number of thiazole rings is 1. The Morgan fingerprint density at radius 2 is 2.50 bits per heavy atom. The van der Waals surface area contributed by atoms with Crippen LogP contribution in [0.1, 0.15) is 41.4 Å². The molecule has 0 saturated heterocycles. The summed E-state index contributed by atoms with van der Waals surface area (Å²) in [5, 5.41) is 10.8. The topological polar surface area (TPSA) is 33.1 Å². The SMILES string of the molecule is CCc1nc2c(s1)[C@H](O)CCC2. The number of hydrogen-bond acceptors (Lipinski definition) is 3. The lowest BCUT2D eigenvalue weighted by Crippen LogP contribution is -2.06. The van der Waals surface area contributed by atoms with E-state index in [1.807, 2.05) is 0 Å². The molecular formula is C9H13NOS. The Hall–Kier alpha value is -0.410. The van der Waals surface area contributed by atoms with Crippen LogP contribution in [0.25, 0.3) is 0 Å². The van der Waals surface area contributed by atoms with E-state index in [9.17, 15) is 5.11 Å². The summed E-state index contributed by atoms with van der Waals surface area (Å²) < 4.78 is 0. The third-order valence-corrected chi connectivity index (χ3v) is 3.61. The van der Waals surface area contributed by atoms with Crippen molar-refractivity contribution in [1.29, 1.82) is 0 Å². The van der Waals surface area contributed by atoms with E-state index in [1.165, 1.54) is 5.01 Å². The maximum atomic E-state index is 9.64. The molecule has 0 bridgehead atoms. The smallest absolute Gasteiger partial charge is 0.0929 e. The van der Waals surface area contributed by atoms with Gasteiger partial charge in [-0.3, -0.25) is 0 Å². The zero-order chi connectivity index (χ0) is 8.55. The predicted octanol–water partition coefficient (Wildman–Crippen LogP) is 2.08. The van der Waals surface area contributed by atoms with Crippen LogP contribution in [0.15, 0.2) is 0 Å². The molecule has 1 aliphatic carbocycles. The molecule has 0 fully saturated rings. The van der Waals surface area contributed by atoms with Crippen LogP contribution < -0.4 is 0 Å². The fraction of sp³-hybridized carbons (Fsp3) is 0.667. The van der Waals surface area contributed by atoms with Gasteiger partial charge in [-0.1, -0.05) is 6.92 Å². The quantitative estimate of drug-likeness (QED) is 0.723. The molecule has 0 aliphatic heterocycles. The van der Waals surface area contributed by atoms with Crippen LogP contribution in [-0.4, -0.2) is 10.1 Å². The minimum absolute atomic E-state index is 0.230. The molecule has 12 heavy (non-hydrogen) atoms. The normalized spacial score (nSPS) is 22.3. The van der Waals surface area contributed by atoms with E-state index in [1.54, 1.807) is 11.3 Å². The third kappa shape index (κ3) is 1.27. The first-order chi connectivity index (χ1) is 5.81. The van der Waals surface area contributed by atoms with Gasteiger partial charge in [0.2, 0.25) is 0 Å². The van der Waals surface area contributed by atoms with Gasteiger partial charge in [0.25, 0.3) is 0 Å². The molecule has 1 aromatic heterocycles. The standard InChI is InChI=1S/C9H13NOS/c1-2-8-10-6-4-3-5-7(11)9(6)12-8/h7,11H,2-5H2,1H3/t7-/m1/s1. The van der Waals surface area contributed by atoms with Crippen molar-refractivity contribution in [2.75, 3.05) is 0 Å². The first-order valence-electron chi connectivity index (χ1n) is 4.47. The van der Waals surface area contributed by atoms with Crippen molar-refractivity contribution in [2.45, 2.75) is 38.7 Å². The summed E-state index contributed by atoms with van der Waals surface area (Å²) in [6.07, 6.45) is 3.82. The minimum Gasteiger partial charge on any atom is -0.388 e. The zero-order valence-corrected chi connectivity index (χ0v) is 8.02. The molecule has 3 heteroatoms. The molecule has 66 valence electrons. The largest absolute Gasteiger partial charge is 0.388 e. The average Bonchev–Trinajstić information content (AvgIpc) is 2.49. The van der Waals surface area contributed by atoms with Gasteiger partial charge in [0.05, 0.1) is 21.7 Å². The molecule has 1 heterocycles. The van der Waals surface area contributed by atoms with Crippen molar-refractivity contribution in [2.24, 2.45) is 0 Å². The second-order valence-corrected chi connectivity index (χ2v) is 4.30. The highest BCUT2D eigenvalue weighted by Crippen LogP contribution is 2.33. The number of hydrogen-bond donors (Lipinski definition) is 1. The van der Waals surface area contributed by atoms with E-state index in [-0.39, 0.29) is 6.10 Å². The average molecular weight is 183 g/mol. The van der Waals surface area contributed by atoms with E-state index in [4.69, 9.17) is 0 Å². The molecule has 1 N–H and O–H groups in total. The summed E-state index contributed by atoms with van der Waals surface area (Å²) in [6.45, 7) is 2.11. The molecule has 0 spiro atoms. The maximum Gasteiger partial charge on any atom is 0.0929 e. The Morgan fingerprint density at radius 1 is 1.67 bits per heavy atom. The highest BCUT2D eigenvalue weighted by Gasteiger charge is 2.21. The number of aliphatic hydroxyl groups excluding tert-OH is 1. The fourth-order valence-electron chi connectivity index (χ4n) is 1.60. The Labute approximate surface area is 76.3 Å². The molecular weight excluding hydrogens is 170 g/mol. The molecule has 0 aromatic carbocycles. The Morgan fingerprint density at radius 3 is 3.17 bits per heavy atom. The highest BCUT2D eigenvalue weighted by atomic mass is 32.1. The Kier molecular flexibility index (Phi) is 2.15. The molecule has 0 radical (unpaired) electrons. The van der Waals surface area contributed by atoms with Crippen LogP contribution in [-0.2, 0) is 12.8 Å². The van der Waals surface area contributed by atoms with Crippen LogP contribution in [0.2, 0.25) is 0 Å². The minimum atomic E-state index is -0.230. The highest BCUT2D eigenvalue weighted by molar-refractivity contribution is 7.11. The summed E-state index contributed by atoms with van der Waals surface area (Å²) in [4.78, 5) is 5.60. The maximum absolute atomic E-state index is 9.64. The molecule has 2 rings (SSSR count). The lowest BCUT2D eigenvalue weighted by Gasteiger charge is -2.14. The number of nitrogens with zero attached hydrogens (tertiary/aromatic N) is 1. The predicted molar refractivity (Wildman–Crippen MR) is 49.4 cm³/mol. The van der Waals surface area contributed by atoms with Gasteiger partial charge < -0.3 is 5.11 Å². The molecule has 0 saturated carbocycles. The molecule has 2 nitrogen and oxygen atoms in total. The van der Waals surface area contributed by atoms with Gasteiger partial charge in [-0.25, -0.2) is 4.98 Å². The second kappa shape index (κ2) is 3.15. The van der Waals surface area contributed by atoms with Crippen LogP contribution in [0, 0.1) is 0 Å². The van der Waals surface area contributed by atoms with Crippen LogP contribution in [0.4, 0.5) is 0 Å². The van der Waals surface area contributed by atoms with Gasteiger partial charge in [0.1, 0.15) is 0 Å². The number of rotatable bonds is 1. The van der Waals surface area contributed by atoms with Gasteiger partial charge in [-0.2, -0.15) is 0 Å². The zero-order valence-electron chi connectivity index (χ0n) is 7.21. The van der Waals surface area contributed by atoms with Crippen LogP contribution in [0.3, 0.4) is 0 Å². The summed E-state index contributed by atoms with van der Waals surface area (Å²) in [5.74, 6) is 0. The summed E-state index contributed by atoms with van der Waals surface area (Å²) >= 11 is 1.68. The lowest BCUT2D eigenvalue weighted by atomic mass is 10.0. The number of fused-ring (bicyclic) bond motifs is 1. The summed E-state index contributed by atoms with van der Waals surface area (Å²) in [7, 11) is 0. The van der Waals surface area contributed by atoms with Gasteiger partial charge in [-0.05, 0) is 25.7 Å².